The number of nitro benzene ring substituents is 1. The smallest absolute Gasteiger partial charge is 0.271 e. The average Bonchev–Trinajstić information content (AvgIpc) is 2.79. The molecule has 3 aromatic rings. The summed E-state index contributed by atoms with van der Waals surface area (Å²) in [5, 5.41) is 17.1. The molecule has 10 nitrogen and oxygen atoms in total. The van der Waals surface area contributed by atoms with Crippen LogP contribution in [0.25, 0.3) is 0 Å². The van der Waals surface area contributed by atoms with Gasteiger partial charge in [0.15, 0.2) is 6.61 Å². The lowest BCUT2D eigenvalue weighted by molar-refractivity contribution is -0.384. The van der Waals surface area contributed by atoms with Crippen molar-refractivity contribution in [2.45, 2.75) is 0 Å². The third kappa shape index (κ3) is 6.46. The lowest BCUT2D eigenvalue weighted by Gasteiger charge is -2.07. The molecule has 0 aliphatic carbocycles. The second-order valence-electron chi connectivity index (χ2n) is 6.14. The highest BCUT2D eigenvalue weighted by atomic mass is 16.6. The molecule has 0 aliphatic rings. The fraction of sp³-hybridized carbons (Fsp3) is 0.0476. The van der Waals surface area contributed by atoms with Crippen molar-refractivity contribution >= 4 is 29.4 Å². The van der Waals surface area contributed by atoms with Gasteiger partial charge in [0.2, 0.25) is 0 Å². The maximum Gasteiger partial charge on any atom is 0.271 e. The molecule has 31 heavy (non-hydrogen) atoms. The highest BCUT2D eigenvalue weighted by Gasteiger charge is 2.07. The number of nitro groups is 1. The number of benzene rings is 2. The van der Waals surface area contributed by atoms with Crippen molar-refractivity contribution in [2.75, 3.05) is 11.9 Å². The van der Waals surface area contributed by atoms with E-state index >= 15 is 0 Å². The number of ether oxygens (including phenoxy) is 1. The molecule has 10 heteroatoms. The van der Waals surface area contributed by atoms with Gasteiger partial charge in [-0.2, -0.15) is 5.10 Å². The molecule has 0 unspecified atom stereocenters. The van der Waals surface area contributed by atoms with Gasteiger partial charge in [0, 0.05) is 35.8 Å². The van der Waals surface area contributed by atoms with Gasteiger partial charge in [-0.15, -0.1) is 0 Å². The number of nitrogens with one attached hydrogen (secondary N) is 2. The fourth-order valence-electron chi connectivity index (χ4n) is 2.40. The van der Waals surface area contributed by atoms with Gasteiger partial charge in [-0.1, -0.05) is 0 Å². The molecule has 0 saturated carbocycles. The van der Waals surface area contributed by atoms with Gasteiger partial charge < -0.3 is 10.1 Å². The Bertz CT molecular complexity index is 1080. The van der Waals surface area contributed by atoms with Crippen LogP contribution < -0.4 is 15.5 Å². The number of aromatic nitrogens is 1. The Balaban J connectivity index is 1.45. The SMILES string of the molecule is O=C(COc1ccc(C=NNC(=O)c2ccncc2)cc1)Nc1ccc([N+](=O)[O-])cc1. The molecule has 2 aromatic carbocycles. The summed E-state index contributed by atoms with van der Waals surface area (Å²) < 4.78 is 5.42. The van der Waals surface area contributed by atoms with Crippen molar-refractivity contribution in [2.24, 2.45) is 5.10 Å². The van der Waals surface area contributed by atoms with Crippen molar-refractivity contribution in [3.63, 3.8) is 0 Å². The van der Waals surface area contributed by atoms with E-state index in [1.807, 2.05) is 0 Å². The quantitative estimate of drug-likeness (QED) is 0.327. The zero-order chi connectivity index (χ0) is 22.1. The minimum Gasteiger partial charge on any atom is -0.484 e. The minimum atomic E-state index is -0.516. The van der Waals surface area contributed by atoms with E-state index in [0.717, 1.165) is 5.56 Å². The van der Waals surface area contributed by atoms with Gasteiger partial charge in [0.25, 0.3) is 17.5 Å². The second-order valence-corrected chi connectivity index (χ2v) is 6.14. The minimum absolute atomic E-state index is 0.0604. The van der Waals surface area contributed by atoms with Crippen LogP contribution in [0.4, 0.5) is 11.4 Å². The van der Waals surface area contributed by atoms with Crippen molar-refractivity contribution in [3.8, 4) is 5.75 Å². The number of non-ortho nitro benzene ring substituents is 1. The molecular formula is C21H17N5O5. The number of anilines is 1. The number of pyridine rings is 1. The lowest BCUT2D eigenvalue weighted by Crippen LogP contribution is -2.20. The van der Waals surface area contributed by atoms with Gasteiger partial charge in [-0.3, -0.25) is 24.7 Å². The first-order valence-electron chi connectivity index (χ1n) is 9.02. The van der Waals surface area contributed by atoms with Crippen LogP contribution in [0, 0.1) is 10.1 Å². The second kappa shape index (κ2) is 10.3. The average molecular weight is 419 g/mol. The van der Waals surface area contributed by atoms with Gasteiger partial charge in [0.1, 0.15) is 5.75 Å². The molecule has 0 atom stereocenters. The summed E-state index contributed by atoms with van der Waals surface area (Å²) in [6, 6.07) is 15.4. The highest BCUT2D eigenvalue weighted by Crippen LogP contribution is 2.16. The maximum absolute atomic E-state index is 12.0. The molecule has 2 N–H and O–H groups in total. The largest absolute Gasteiger partial charge is 0.484 e. The molecule has 2 amide bonds. The van der Waals surface area contributed by atoms with Crippen LogP contribution in [0.3, 0.4) is 0 Å². The van der Waals surface area contributed by atoms with Crippen LogP contribution in [-0.2, 0) is 4.79 Å². The predicted molar refractivity (Wildman–Crippen MR) is 113 cm³/mol. The Morgan fingerprint density at radius 1 is 1.03 bits per heavy atom. The topological polar surface area (TPSA) is 136 Å². The number of carbonyl (C=O) groups excluding carboxylic acids is 2. The van der Waals surface area contributed by atoms with E-state index < -0.39 is 10.8 Å². The first kappa shape index (κ1) is 21.1. The van der Waals surface area contributed by atoms with Crippen molar-refractivity contribution in [1.82, 2.24) is 10.4 Å². The molecule has 0 fully saturated rings. The summed E-state index contributed by atoms with van der Waals surface area (Å²) in [4.78, 5) is 37.8. The van der Waals surface area contributed by atoms with Crippen LogP contribution in [0.15, 0.2) is 78.2 Å². The summed E-state index contributed by atoms with van der Waals surface area (Å²) in [5.74, 6) is -0.284. The summed E-state index contributed by atoms with van der Waals surface area (Å²) in [7, 11) is 0. The zero-order valence-corrected chi connectivity index (χ0v) is 16.1. The Labute approximate surface area is 176 Å². The summed E-state index contributed by atoms with van der Waals surface area (Å²) in [6.07, 6.45) is 4.51. The number of amides is 2. The maximum atomic E-state index is 12.0. The van der Waals surface area contributed by atoms with E-state index in [4.69, 9.17) is 4.74 Å². The van der Waals surface area contributed by atoms with Gasteiger partial charge in [-0.25, -0.2) is 5.43 Å². The third-order valence-electron chi connectivity index (χ3n) is 3.93. The number of rotatable bonds is 8. The molecule has 1 heterocycles. The van der Waals surface area contributed by atoms with E-state index in [9.17, 15) is 19.7 Å². The Morgan fingerprint density at radius 3 is 2.35 bits per heavy atom. The Morgan fingerprint density at radius 2 is 1.71 bits per heavy atom. The number of hydrogen-bond acceptors (Lipinski definition) is 7. The van der Waals surface area contributed by atoms with Crippen LogP contribution >= 0.6 is 0 Å². The molecule has 0 spiro atoms. The molecular weight excluding hydrogens is 402 g/mol. The molecule has 1 aromatic heterocycles. The van der Waals surface area contributed by atoms with Crippen LogP contribution in [0.2, 0.25) is 0 Å². The molecule has 0 bridgehead atoms. The van der Waals surface area contributed by atoms with Crippen molar-refractivity contribution < 1.29 is 19.2 Å². The van der Waals surface area contributed by atoms with E-state index in [1.165, 1.54) is 42.9 Å². The fourth-order valence-corrected chi connectivity index (χ4v) is 2.40. The van der Waals surface area contributed by atoms with Crippen LogP contribution in [0.5, 0.6) is 5.75 Å². The summed E-state index contributed by atoms with van der Waals surface area (Å²) >= 11 is 0. The Kier molecular flexibility index (Phi) is 6.99. The van der Waals surface area contributed by atoms with E-state index in [1.54, 1.807) is 36.4 Å². The van der Waals surface area contributed by atoms with Crippen LogP contribution in [-0.4, -0.2) is 34.5 Å². The molecule has 0 saturated heterocycles. The summed E-state index contributed by atoms with van der Waals surface area (Å²) in [5.41, 5.74) is 3.95. The van der Waals surface area contributed by atoms with Gasteiger partial charge in [-0.05, 0) is 54.1 Å². The van der Waals surface area contributed by atoms with E-state index in [2.05, 4.69) is 20.8 Å². The first-order chi connectivity index (χ1) is 15.0. The van der Waals surface area contributed by atoms with Gasteiger partial charge in [0.05, 0.1) is 11.1 Å². The van der Waals surface area contributed by atoms with Gasteiger partial charge >= 0.3 is 0 Å². The number of hydrazone groups is 1. The first-order valence-corrected chi connectivity index (χ1v) is 9.02. The van der Waals surface area contributed by atoms with Crippen LogP contribution in [0.1, 0.15) is 15.9 Å². The lowest BCUT2D eigenvalue weighted by atomic mass is 10.2. The third-order valence-corrected chi connectivity index (χ3v) is 3.93. The normalized spacial score (nSPS) is 10.5. The highest BCUT2D eigenvalue weighted by molar-refractivity contribution is 5.94. The van der Waals surface area contributed by atoms with Crippen molar-refractivity contribution in [3.05, 3.63) is 94.3 Å². The summed E-state index contributed by atoms with van der Waals surface area (Å²) in [6.45, 7) is -0.230. The standard InChI is InChI=1S/C21H17N5O5/c27-20(24-17-3-5-18(6-4-17)26(29)30)14-31-19-7-1-15(2-8-19)13-23-25-21(28)16-9-11-22-12-10-16/h1-13H,14H2,(H,24,27)(H,25,28). The number of nitrogens with zero attached hydrogens (tertiary/aromatic N) is 3. The van der Waals surface area contributed by atoms with E-state index in [0.29, 0.717) is 17.0 Å². The zero-order valence-electron chi connectivity index (χ0n) is 16.1. The molecule has 0 aliphatic heterocycles. The molecule has 3 rings (SSSR count). The molecule has 156 valence electrons. The van der Waals surface area contributed by atoms with Crippen molar-refractivity contribution in [1.29, 1.82) is 0 Å². The Hall–Kier alpha value is -4.60. The monoisotopic (exact) mass is 419 g/mol. The molecule has 0 radical (unpaired) electrons. The van der Waals surface area contributed by atoms with E-state index in [-0.39, 0.29) is 18.2 Å². The predicted octanol–water partition coefficient (Wildman–Crippen LogP) is 2.77. The number of hydrogen-bond donors (Lipinski definition) is 2. The number of carbonyl (C=O) groups is 2.